The minimum atomic E-state index is -0.461. The van der Waals surface area contributed by atoms with E-state index in [1.54, 1.807) is 17.9 Å². The smallest absolute Gasteiger partial charge is 0.269 e. The van der Waals surface area contributed by atoms with Crippen LogP contribution in [0.1, 0.15) is 18.9 Å². The molecule has 106 valence electrons. The molecule has 1 aromatic carbocycles. The van der Waals surface area contributed by atoms with E-state index in [2.05, 4.69) is 0 Å². The second-order valence-corrected chi connectivity index (χ2v) is 6.15. The van der Waals surface area contributed by atoms with Crippen molar-refractivity contribution in [3.63, 3.8) is 0 Å². The number of aryl methyl sites for hydroxylation is 1. The Morgan fingerprint density at radius 2 is 2.20 bits per heavy atom. The van der Waals surface area contributed by atoms with Crippen molar-refractivity contribution < 1.29 is 14.5 Å². The molecule has 6 nitrogen and oxygen atoms in total. The van der Waals surface area contributed by atoms with Gasteiger partial charge in [-0.25, -0.2) is 0 Å². The van der Waals surface area contributed by atoms with Crippen LogP contribution in [-0.4, -0.2) is 27.7 Å². The number of hydrogen-bond donors (Lipinski definition) is 0. The van der Waals surface area contributed by atoms with Crippen LogP contribution in [0, 0.1) is 17.0 Å². The highest BCUT2D eigenvalue weighted by atomic mass is 32.2. The minimum absolute atomic E-state index is 0.00700. The van der Waals surface area contributed by atoms with Crippen molar-refractivity contribution in [3.8, 4) is 0 Å². The van der Waals surface area contributed by atoms with Crippen LogP contribution in [0.4, 0.5) is 11.4 Å². The van der Waals surface area contributed by atoms with Gasteiger partial charge in [0.25, 0.3) is 5.69 Å². The van der Waals surface area contributed by atoms with E-state index in [0.717, 1.165) is 0 Å². The number of nitro groups is 1. The van der Waals surface area contributed by atoms with E-state index in [9.17, 15) is 19.7 Å². The second-order valence-electron chi connectivity index (χ2n) is 4.67. The van der Waals surface area contributed by atoms with E-state index in [1.807, 2.05) is 0 Å². The summed E-state index contributed by atoms with van der Waals surface area (Å²) in [4.78, 5) is 34.9. The lowest BCUT2D eigenvalue weighted by atomic mass is 10.1. The van der Waals surface area contributed by atoms with Gasteiger partial charge in [-0.2, -0.15) is 0 Å². The first-order chi connectivity index (χ1) is 9.38. The van der Waals surface area contributed by atoms with Gasteiger partial charge < -0.3 is 4.90 Å². The number of carbonyl (C=O) groups excluding carboxylic acids is 2. The van der Waals surface area contributed by atoms with E-state index in [4.69, 9.17) is 0 Å². The molecule has 1 aromatic rings. The average molecular weight is 294 g/mol. The Kier molecular flexibility index (Phi) is 4.08. The van der Waals surface area contributed by atoms with Crippen LogP contribution in [0.25, 0.3) is 0 Å². The molecular formula is C13H14N2O4S. The number of amides is 1. The molecule has 1 unspecified atom stereocenters. The highest BCUT2D eigenvalue weighted by Crippen LogP contribution is 2.32. The van der Waals surface area contributed by atoms with E-state index in [0.29, 0.717) is 24.2 Å². The molecule has 1 fully saturated rings. The van der Waals surface area contributed by atoms with E-state index >= 15 is 0 Å². The maximum atomic E-state index is 12.0. The van der Waals surface area contributed by atoms with Crippen molar-refractivity contribution in [1.82, 2.24) is 0 Å². The van der Waals surface area contributed by atoms with Crippen LogP contribution in [-0.2, 0) is 9.59 Å². The number of thioether (sulfide) groups is 1. The first kappa shape index (κ1) is 14.5. The van der Waals surface area contributed by atoms with Crippen LogP contribution < -0.4 is 4.90 Å². The molecule has 0 bridgehead atoms. The van der Waals surface area contributed by atoms with E-state index < -0.39 is 4.92 Å². The molecule has 7 heteroatoms. The molecule has 1 aliphatic heterocycles. The Morgan fingerprint density at radius 3 is 2.75 bits per heavy atom. The Labute approximate surface area is 120 Å². The zero-order valence-corrected chi connectivity index (χ0v) is 12.0. The Balaban J connectivity index is 2.22. The molecule has 1 saturated heterocycles. The summed E-state index contributed by atoms with van der Waals surface area (Å²) in [5.41, 5.74) is 1.36. The number of anilines is 1. The maximum absolute atomic E-state index is 12.0. The van der Waals surface area contributed by atoms with Crippen molar-refractivity contribution in [2.24, 2.45) is 0 Å². The monoisotopic (exact) mass is 294 g/mol. The quantitative estimate of drug-likeness (QED) is 0.631. The molecule has 2 rings (SSSR count). The molecule has 0 N–H and O–H groups in total. The molecule has 1 atom stereocenters. The summed E-state index contributed by atoms with van der Waals surface area (Å²) < 4.78 is 0. The lowest BCUT2D eigenvalue weighted by Gasteiger charge is -2.18. The van der Waals surface area contributed by atoms with Crippen molar-refractivity contribution in [1.29, 1.82) is 0 Å². The van der Waals surface area contributed by atoms with Gasteiger partial charge in [-0.05, 0) is 18.6 Å². The molecule has 1 aliphatic rings. The van der Waals surface area contributed by atoms with Gasteiger partial charge in [0.1, 0.15) is 0 Å². The molecule has 1 amide bonds. The first-order valence-electron chi connectivity index (χ1n) is 6.11. The highest BCUT2D eigenvalue weighted by Gasteiger charge is 2.32. The lowest BCUT2D eigenvalue weighted by Crippen LogP contribution is -2.25. The number of nitro benzene ring substituents is 1. The SMILES string of the molecule is CC(=O)SC1CC(=O)N(c2ccc([N+](=O)[O-])cc2C)C1. The fourth-order valence-electron chi connectivity index (χ4n) is 2.28. The number of hydrogen-bond acceptors (Lipinski definition) is 5. The van der Waals surface area contributed by atoms with Gasteiger partial charge in [-0.3, -0.25) is 19.7 Å². The zero-order valence-electron chi connectivity index (χ0n) is 11.2. The summed E-state index contributed by atoms with van der Waals surface area (Å²) in [5.74, 6) is -0.0549. The van der Waals surface area contributed by atoms with Crippen LogP contribution in [0.5, 0.6) is 0 Å². The Bertz CT molecular complexity index is 588. The summed E-state index contributed by atoms with van der Waals surface area (Å²) in [6.45, 7) is 3.68. The fourth-order valence-corrected chi connectivity index (χ4v) is 3.20. The van der Waals surface area contributed by atoms with Crippen LogP contribution in [0.3, 0.4) is 0 Å². The minimum Gasteiger partial charge on any atom is -0.311 e. The largest absolute Gasteiger partial charge is 0.311 e. The van der Waals surface area contributed by atoms with Crippen molar-refractivity contribution in [2.45, 2.75) is 25.5 Å². The predicted octanol–water partition coefficient (Wildman–Crippen LogP) is 2.29. The maximum Gasteiger partial charge on any atom is 0.269 e. The van der Waals surface area contributed by atoms with Crippen LogP contribution in [0.2, 0.25) is 0 Å². The standard InChI is InChI=1S/C13H14N2O4S/c1-8-5-10(15(18)19)3-4-12(8)14-7-11(6-13(14)17)20-9(2)16/h3-5,11H,6-7H2,1-2H3. The topological polar surface area (TPSA) is 80.5 Å². The molecule has 0 saturated carbocycles. The summed E-state index contributed by atoms with van der Waals surface area (Å²) in [7, 11) is 0. The number of carbonyl (C=O) groups is 2. The molecule has 0 aliphatic carbocycles. The van der Waals surface area contributed by atoms with Gasteiger partial charge in [0.2, 0.25) is 5.91 Å². The van der Waals surface area contributed by atoms with Crippen molar-refractivity contribution in [3.05, 3.63) is 33.9 Å². The van der Waals surface area contributed by atoms with Gasteiger partial charge in [0.05, 0.1) is 4.92 Å². The number of rotatable bonds is 3. The number of non-ortho nitro benzene ring substituents is 1. The van der Waals surface area contributed by atoms with Gasteiger partial charge in [-0.15, -0.1) is 0 Å². The van der Waals surface area contributed by atoms with Gasteiger partial charge in [0.15, 0.2) is 5.12 Å². The van der Waals surface area contributed by atoms with Gasteiger partial charge >= 0.3 is 0 Å². The first-order valence-corrected chi connectivity index (χ1v) is 6.99. The van der Waals surface area contributed by atoms with Gasteiger partial charge in [0, 0.05) is 43.0 Å². The molecule has 20 heavy (non-hydrogen) atoms. The lowest BCUT2D eigenvalue weighted by molar-refractivity contribution is -0.384. The summed E-state index contributed by atoms with van der Waals surface area (Å²) in [5, 5.41) is 10.7. The average Bonchev–Trinajstić information content (AvgIpc) is 2.68. The molecule has 0 radical (unpaired) electrons. The van der Waals surface area contributed by atoms with E-state index in [1.165, 1.54) is 30.8 Å². The summed E-state index contributed by atoms with van der Waals surface area (Å²) >= 11 is 1.17. The molecular weight excluding hydrogens is 280 g/mol. The predicted molar refractivity (Wildman–Crippen MR) is 76.9 cm³/mol. The highest BCUT2D eigenvalue weighted by molar-refractivity contribution is 8.14. The number of benzene rings is 1. The van der Waals surface area contributed by atoms with Crippen molar-refractivity contribution >= 4 is 34.2 Å². The molecule has 1 heterocycles. The van der Waals surface area contributed by atoms with Crippen LogP contribution >= 0.6 is 11.8 Å². The Morgan fingerprint density at radius 1 is 1.50 bits per heavy atom. The summed E-state index contributed by atoms with van der Waals surface area (Å²) in [6.07, 6.45) is 0.320. The third-order valence-electron chi connectivity index (χ3n) is 3.10. The number of nitrogens with zero attached hydrogens (tertiary/aromatic N) is 2. The normalized spacial score (nSPS) is 18.4. The third kappa shape index (κ3) is 2.98. The Hall–Kier alpha value is -1.89. The molecule has 0 aromatic heterocycles. The third-order valence-corrected chi connectivity index (χ3v) is 4.09. The fraction of sp³-hybridized carbons (Fsp3) is 0.385. The summed E-state index contributed by atoms with van der Waals surface area (Å²) in [6, 6.07) is 4.43. The molecule has 0 spiro atoms. The zero-order chi connectivity index (χ0) is 14.9. The van der Waals surface area contributed by atoms with Crippen molar-refractivity contribution in [2.75, 3.05) is 11.4 Å². The van der Waals surface area contributed by atoms with E-state index in [-0.39, 0.29) is 22.0 Å². The second kappa shape index (κ2) is 5.62. The van der Waals surface area contributed by atoms with Gasteiger partial charge in [-0.1, -0.05) is 11.8 Å². The van der Waals surface area contributed by atoms with Crippen LogP contribution in [0.15, 0.2) is 18.2 Å².